The van der Waals surface area contributed by atoms with Gasteiger partial charge in [-0.2, -0.15) is 0 Å². The number of benzene rings is 1. The van der Waals surface area contributed by atoms with E-state index in [0.29, 0.717) is 12.6 Å². The molecule has 2 heterocycles. The van der Waals surface area contributed by atoms with E-state index in [4.69, 9.17) is 9.47 Å². The Bertz CT molecular complexity index is 611. The summed E-state index contributed by atoms with van der Waals surface area (Å²) in [5, 5.41) is 8.34. The molecule has 1 aromatic heterocycles. The van der Waals surface area contributed by atoms with Crippen molar-refractivity contribution in [3.05, 3.63) is 41.7 Å². The average molecular weight is 428 g/mol. The zero-order chi connectivity index (χ0) is 16.1. The molecule has 124 valence electrons. The van der Waals surface area contributed by atoms with Crippen LogP contribution in [0.5, 0.6) is 0 Å². The molecule has 7 heteroatoms. The summed E-state index contributed by atoms with van der Waals surface area (Å²) in [4.78, 5) is 0. The fourth-order valence-electron chi connectivity index (χ4n) is 2.49. The molecule has 0 spiro atoms. The summed E-state index contributed by atoms with van der Waals surface area (Å²) < 4.78 is 16.3. The molecule has 1 N–H and O–H groups in total. The molecule has 0 aliphatic carbocycles. The third kappa shape index (κ3) is 4.50. The van der Waals surface area contributed by atoms with Gasteiger partial charge in [0.15, 0.2) is 6.29 Å². The molecule has 1 aromatic carbocycles. The van der Waals surface area contributed by atoms with Gasteiger partial charge < -0.3 is 9.47 Å². The Balaban J connectivity index is 1.59. The molecule has 0 bridgehead atoms. The normalized spacial score (nSPS) is 19.7. The standard InChI is InChI=1S/C16H21IN4O2/c1-12(18-17)13-5-7-15(8-6-13)21-10-14(19-20-21)11-23-16-4-2-3-9-22-16/h5-8,10,12,16,18H,2-4,9,11H2,1H3. The van der Waals surface area contributed by atoms with E-state index in [9.17, 15) is 0 Å². The van der Waals surface area contributed by atoms with Gasteiger partial charge in [0.05, 0.1) is 18.5 Å². The van der Waals surface area contributed by atoms with Gasteiger partial charge >= 0.3 is 0 Å². The Labute approximate surface area is 150 Å². The summed E-state index contributed by atoms with van der Waals surface area (Å²) in [6, 6.07) is 8.60. The van der Waals surface area contributed by atoms with E-state index >= 15 is 0 Å². The number of rotatable bonds is 6. The van der Waals surface area contributed by atoms with Crippen LogP contribution in [0.1, 0.15) is 43.5 Å². The number of ether oxygens (including phenoxy) is 2. The first-order valence-electron chi connectivity index (χ1n) is 7.87. The molecule has 0 radical (unpaired) electrons. The summed E-state index contributed by atoms with van der Waals surface area (Å²) in [5.41, 5.74) is 3.04. The SMILES string of the molecule is CC(NI)c1ccc(-n2cc(COC3CCCCO3)nn2)cc1. The monoisotopic (exact) mass is 428 g/mol. The molecule has 1 aliphatic heterocycles. The van der Waals surface area contributed by atoms with E-state index in [-0.39, 0.29) is 6.29 Å². The predicted molar refractivity (Wildman–Crippen MR) is 95.3 cm³/mol. The van der Waals surface area contributed by atoms with Gasteiger partial charge in [-0.3, -0.25) is 3.53 Å². The van der Waals surface area contributed by atoms with E-state index in [0.717, 1.165) is 37.3 Å². The summed E-state index contributed by atoms with van der Waals surface area (Å²) in [5.74, 6) is 0. The van der Waals surface area contributed by atoms with E-state index in [1.54, 1.807) is 4.68 Å². The number of nitrogens with one attached hydrogen (secondary N) is 1. The summed E-state index contributed by atoms with van der Waals surface area (Å²) >= 11 is 2.17. The summed E-state index contributed by atoms with van der Waals surface area (Å²) in [6.07, 6.45) is 5.04. The molecule has 2 aromatic rings. The van der Waals surface area contributed by atoms with Crippen LogP contribution in [-0.2, 0) is 16.1 Å². The smallest absolute Gasteiger partial charge is 0.158 e. The number of hydrogen-bond acceptors (Lipinski definition) is 5. The second-order valence-electron chi connectivity index (χ2n) is 5.68. The van der Waals surface area contributed by atoms with Crippen molar-refractivity contribution in [3.8, 4) is 5.69 Å². The van der Waals surface area contributed by atoms with Crippen LogP contribution in [0.4, 0.5) is 0 Å². The van der Waals surface area contributed by atoms with Crippen molar-refractivity contribution in [1.29, 1.82) is 0 Å². The average Bonchev–Trinajstić information content (AvgIpc) is 3.09. The quantitative estimate of drug-likeness (QED) is 0.565. The zero-order valence-corrected chi connectivity index (χ0v) is 15.3. The maximum atomic E-state index is 5.74. The Hall–Kier alpha value is -1.03. The first-order chi connectivity index (χ1) is 11.3. The molecule has 1 fully saturated rings. The Kier molecular flexibility index (Phi) is 5.98. The lowest BCUT2D eigenvalue weighted by atomic mass is 10.1. The Morgan fingerprint density at radius 2 is 2.22 bits per heavy atom. The predicted octanol–water partition coefficient (Wildman–Crippen LogP) is 3.31. The molecule has 6 nitrogen and oxygen atoms in total. The van der Waals surface area contributed by atoms with E-state index in [1.165, 1.54) is 5.56 Å². The minimum absolute atomic E-state index is 0.101. The van der Waals surface area contributed by atoms with Crippen LogP contribution in [0.15, 0.2) is 30.5 Å². The minimum Gasteiger partial charge on any atom is -0.353 e. The van der Waals surface area contributed by atoms with Crippen LogP contribution < -0.4 is 3.53 Å². The van der Waals surface area contributed by atoms with Crippen molar-refractivity contribution in [1.82, 2.24) is 18.5 Å². The molecule has 1 saturated heterocycles. The largest absolute Gasteiger partial charge is 0.353 e. The highest BCUT2D eigenvalue weighted by Gasteiger charge is 2.15. The molecular weight excluding hydrogens is 407 g/mol. The maximum absolute atomic E-state index is 5.74. The molecule has 1 aliphatic rings. The molecule has 2 unspecified atom stereocenters. The lowest BCUT2D eigenvalue weighted by Crippen LogP contribution is -2.22. The minimum atomic E-state index is -0.101. The van der Waals surface area contributed by atoms with Gasteiger partial charge in [-0.1, -0.05) is 17.3 Å². The van der Waals surface area contributed by atoms with Crippen LogP contribution in [0, 0.1) is 0 Å². The number of nitrogens with zero attached hydrogens (tertiary/aromatic N) is 3. The van der Waals surface area contributed by atoms with Gasteiger partial charge in [-0.25, -0.2) is 4.68 Å². The topological polar surface area (TPSA) is 61.2 Å². The highest BCUT2D eigenvalue weighted by Crippen LogP contribution is 2.17. The van der Waals surface area contributed by atoms with Crippen LogP contribution in [-0.4, -0.2) is 27.9 Å². The number of hydrogen-bond donors (Lipinski definition) is 1. The van der Waals surface area contributed by atoms with Gasteiger partial charge in [0.25, 0.3) is 0 Å². The van der Waals surface area contributed by atoms with Crippen LogP contribution in [0.2, 0.25) is 0 Å². The van der Waals surface area contributed by atoms with Crippen molar-refractivity contribution >= 4 is 22.9 Å². The summed E-state index contributed by atoms with van der Waals surface area (Å²) in [6.45, 7) is 3.34. The highest BCUT2D eigenvalue weighted by molar-refractivity contribution is 14.1. The third-order valence-electron chi connectivity index (χ3n) is 3.92. The van der Waals surface area contributed by atoms with Gasteiger partial charge in [-0.05, 0) is 43.9 Å². The third-order valence-corrected chi connectivity index (χ3v) is 4.85. The second kappa shape index (κ2) is 8.18. The van der Waals surface area contributed by atoms with Gasteiger partial charge in [0.1, 0.15) is 5.69 Å². The lowest BCUT2D eigenvalue weighted by Gasteiger charge is -2.22. The number of aromatic nitrogens is 3. The van der Waals surface area contributed by atoms with Crippen molar-refractivity contribution in [3.63, 3.8) is 0 Å². The van der Waals surface area contributed by atoms with E-state index in [2.05, 4.69) is 55.8 Å². The van der Waals surface area contributed by atoms with Crippen molar-refractivity contribution in [2.24, 2.45) is 0 Å². The summed E-state index contributed by atoms with van der Waals surface area (Å²) in [7, 11) is 0. The van der Waals surface area contributed by atoms with Crippen LogP contribution in [0.25, 0.3) is 5.69 Å². The lowest BCUT2D eigenvalue weighted by molar-refractivity contribution is -0.169. The fourth-order valence-corrected chi connectivity index (χ4v) is 2.85. The molecular formula is C16H21IN4O2. The Morgan fingerprint density at radius 3 is 2.91 bits per heavy atom. The van der Waals surface area contributed by atoms with Crippen LogP contribution in [0.3, 0.4) is 0 Å². The molecule has 23 heavy (non-hydrogen) atoms. The first-order valence-corrected chi connectivity index (χ1v) is 8.95. The Morgan fingerprint density at radius 1 is 1.39 bits per heavy atom. The van der Waals surface area contributed by atoms with Crippen molar-refractivity contribution in [2.45, 2.75) is 45.1 Å². The maximum Gasteiger partial charge on any atom is 0.158 e. The van der Waals surface area contributed by atoms with Gasteiger partial charge in [-0.15, -0.1) is 5.10 Å². The first kappa shape index (κ1) is 16.8. The fraction of sp³-hybridized carbons (Fsp3) is 0.500. The molecule has 2 atom stereocenters. The van der Waals surface area contributed by atoms with Gasteiger partial charge in [0.2, 0.25) is 0 Å². The number of halogens is 1. The van der Waals surface area contributed by atoms with Crippen molar-refractivity contribution < 1.29 is 9.47 Å². The van der Waals surface area contributed by atoms with Gasteiger partial charge in [0, 0.05) is 35.5 Å². The molecule has 0 amide bonds. The van der Waals surface area contributed by atoms with Crippen LogP contribution >= 0.6 is 22.9 Å². The molecule has 3 rings (SSSR count). The highest BCUT2D eigenvalue weighted by atomic mass is 127. The van der Waals surface area contributed by atoms with Crippen molar-refractivity contribution in [2.75, 3.05) is 6.61 Å². The second-order valence-corrected chi connectivity index (χ2v) is 6.31. The zero-order valence-electron chi connectivity index (χ0n) is 13.1. The molecule has 0 saturated carbocycles. The van der Waals surface area contributed by atoms with E-state index < -0.39 is 0 Å². The van der Waals surface area contributed by atoms with E-state index in [1.807, 2.05) is 18.3 Å².